The summed E-state index contributed by atoms with van der Waals surface area (Å²) in [6.07, 6.45) is 7.70. The first kappa shape index (κ1) is 16.3. The normalized spacial score (nSPS) is 28.7. The first-order chi connectivity index (χ1) is 11.1. The van der Waals surface area contributed by atoms with Crippen LogP contribution in [-0.4, -0.2) is 21.9 Å². The van der Waals surface area contributed by atoms with Gasteiger partial charge in [0.1, 0.15) is 0 Å². The largest absolute Gasteiger partial charge is 0.474 e. The van der Waals surface area contributed by atoms with Gasteiger partial charge in [-0.25, -0.2) is 4.79 Å². The van der Waals surface area contributed by atoms with Crippen LogP contribution in [0.4, 0.5) is 4.79 Å². The smallest absolute Gasteiger partial charge is 0.351 e. The van der Waals surface area contributed by atoms with E-state index in [0.29, 0.717) is 23.8 Å². The lowest BCUT2D eigenvalue weighted by atomic mass is 9.88. The second kappa shape index (κ2) is 6.91. The second-order valence-corrected chi connectivity index (χ2v) is 9.87. The van der Waals surface area contributed by atoms with Gasteiger partial charge < -0.3 is 5.11 Å². The van der Waals surface area contributed by atoms with E-state index in [9.17, 15) is 14.7 Å². The van der Waals surface area contributed by atoms with Crippen molar-refractivity contribution < 1.29 is 14.7 Å². The van der Waals surface area contributed by atoms with E-state index in [-0.39, 0.29) is 5.78 Å². The molecular formula is C19H24O3S. The summed E-state index contributed by atoms with van der Waals surface area (Å²) < 4.78 is 0. The van der Waals surface area contributed by atoms with Crippen LogP contribution in [0.25, 0.3) is 0 Å². The number of carboxylic acid groups (broad SMARTS) is 1. The first-order valence-corrected chi connectivity index (χ1v) is 10.4. The maximum atomic E-state index is 12.3. The molecular weight excluding hydrogens is 308 g/mol. The van der Waals surface area contributed by atoms with Crippen LogP contribution < -0.4 is 0 Å². The van der Waals surface area contributed by atoms with Crippen LogP contribution in [0.3, 0.4) is 0 Å². The summed E-state index contributed by atoms with van der Waals surface area (Å²) >= 11 is 0. The van der Waals surface area contributed by atoms with Crippen LogP contribution in [0.15, 0.2) is 41.3 Å². The fraction of sp³-hybridized carbons (Fsp3) is 0.474. The minimum absolute atomic E-state index is 0.114. The lowest BCUT2D eigenvalue weighted by Gasteiger charge is -2.44. The van der Waals surface area contributed by atoms with Crippen molar-refractivity contribution >= 4 is 21.1 Å². The van der Waals surface area contributed by atoms with E-state index < -0.39 is 15.3 Å². The second-order valence-electron chi connectivity index (χ2n) is 6.58. The zero-order valence-electron chi connectivity index (χ0n) is 13.4. The quantitative estimate of drug-likeness (QED) is 0.837. The number of hydrogen-bond donors (Lipinski definition) is 1. The number of allylic oxidation sites excluding steroid dienone is 2. The molecule has 1 aliphatic carbocycles. The van der Waals surface area contributed by atoms with E-state index in [4.69, 9.17) is 0 Å². The molecule has 1 aliphatic heterocycles. The topological polar surface area (TPSA) is 54.4 Å². The van der Waals surface area contributed by atoms with Gasteiger partial charge in [0.25, 0.3) is 0 Å². The van der Waals surface area contributed by atoms with Gasteiger partial charge in [0, 0.05) is 12.2 Å². The Labute approximate surface area is 139 Å². The molecule has 1 aromatic rings. The predicted octanol–water partition coefficient (Wildman–Crippen LogP) is 5.11. The number of hydrogen-bond acceptors (Lipinski definition) is 2. The predicted molar refractivity (Wildman–Crippen MR) is 94.9 cm³/mol. The molecule has 4 heteroatoms. The van der Waals surface area contributed by atoms with Crippen molar-refractivity contribution in [2.24, 2.45) is 5.92 Å². The van der Waals surface area contributed by atoms with Crippen LogP contribution in [0.5, 0.6) is 0 Å². The van der Waals surface area contributed by atoms with Gasteiger partial charge in [-0.2, -0.15) is 0 Å². The Balaban J connectivity index is 1.99. The van der Waals surface area contributed by atoms with Crippen LogP contribution in [0.2, 0.25) is 0 Å². The third-order valence-electron chi connectivity index (χ3n) is 5.05. The Morgan fingerprint density at radius 1 is 1.13 bits per heavy atom. The van der Waals surface area contributed by atoms with Gasteiger partial charge in [-0.15, -0.1) is 10.0 Å². The Kier molecular flexibility index (Phi) is 4.90. The molecule has 1 aromatic carbocycles. The van der Waals surface area contributed by atoms with E-state index in [2.05, 4.69) is 0 Å². The highest BCUT2D eigenvalue weighted by atomic mass is 32.3. The van der Waals surface area contributed by atoms with Crippen LogP contribution >= 0.6 is 10.0 Å². The summed E-state index contributed by atoms with van der Waals surface area (Å²) in [4.78, 5) is 25.3. The molecule has 3 nitrogen and oxygen atoms in total. The van der Waals surface area contributed by atoms with Crippen molar-refractivity contribution in [2.75, 3.05) is 5.75 Å². The lowest BCUT2D eigenvalue weighted by Crippen LogP contribution is -2.28. The summed E-state index contributed by atoms with van der Waals surface area (Å²) in [5, 5.41) is 9.43. The standard InChI is InChI=1S/C19H24O3S/c20-17-11-12-23(19(21)22,14-15-7-3-1-4-8-15)18(13-17)16-9-5-2-6-10-16/h1,3-4,7-8,13,16H,2,5-6,9-12,14H2,(H,21,22). The monoisotopic (exact) mass is 332 g/mol. The van der Waals surface area contributed by atoms with Crippen molar-refractivity contribution in [1.29, 1.82) is 0 Å². The van der Waals surface area contributed by atoms with E-state index in [0.717, 1.165) is 36.2 Å². The fourth-order valence-electron chi connectivity index (χ4n) is 3.82. The maximum absolute atomic E-state index is 12.3. The van der Waals surface area contributed by atoms with E-state index >= 15 is 0 Å². The van der Waals surface area contributed by atoms with Crippen LogP contribution in [0.1, 0.15) is 44.1 Å². The molecule has 0 radical (unpaired) electrons. The van der Waals surface area contributed by atoms with Gasteiger partial charge in [-0.1, -0.05) is 49.6 Å². The molecule has 0 spiro atoms. The summed E-state index contributed by atoms with van der Waals surface area (Å²) in [5.74, 6) is 1.49. The summed E-state index contributed by atoms with van der Waals surface area (Å²) in [7, 11) is -1.98. The molecule has 124 valence electrons. The molecule has 23 heavy (non-hydrogen) atoms. The summed E-state index contributed by atoms with van der Waals surface area (Å²) in [5.41, 5.74) is 1.07. The van der Waals surface area contributed by atoms with Gasteiger partial charge in [0.2, 0.25) is 0 Å². The zero-order valence-corrected chi connectivity index (χ0v) is 14.2. The number of ketones is 1. The van der Waals surface area contributed by atoms with Crippen LogP contribution in [0, 0.1) is 5.92 Å². The van der Waals surface area contributed by atoms with Crippen LogP contribution in [-0.2, 0) is 10.5 Å². The highest BCUT2D eigenvalue weighted by molar-refractivity contribution is 8.47. The Morgan fingerprint density at radius 2 is 1.83 bits per heavy atom. The molecule has 1 saturated carbocycles. The minimum Gasteiger partial charge on any atom is -0.474 e. The average molecular weight is 332 g/mol. The fourth-order valence-corrected chi connectivity index (χ4v) is 7.41. The van der Waals surface area contributed by atoms with Crippen molar-refractivity contribution in [2.45, 2.75) is 44.3 Å². The third-order valence-corrected chi connectivity index (χ3v) is 8.80. The van der Waals surface area contributed by atoms with Gasteiger partial charge in [0.15, 0.2) is 5.78 Å². The SMILES string of the molecule is O=C1C=C(C2CCCCC2)S(Cc2ccccc2)(C(=O)O)CC1. The van der Waals surface area contributed by atoms with E-state index in [1.807, 2.05) is 30.3 Å². The van der Waals surface area contributed by atoms with Crippen molar-refractivity contribution in [3.05, 3.63) is 46.9 Å². The zero-order chi connectivity index (χ0) is 16.3. The molecule has 0 bridgehead atoms. The molecule has 1 heterocycles. The van der Waals surface area contributed by atoms with Gasteiger partial charge in [0.05, 0.1) is 0 Å². The lowest BCUT2D eigenvalue weighted by molar-refractivity contribution is -0.114. The van der Waals surface area contributed by atoms with Crippen molar-refractivity contribution in [3.63, 3.8) is 0 Å². The Hall–Kier alpha value is -1.55. The van der Waals surface area contributed by atoms with Gasteiger partial charge >= 0.3 is 5.30 Å². The summed E-state index contributed by atoms with van der Waals surface area (Å²) in [6, 6.07) is 9.89. The number of carbonyl (C=O) groups excluding carboxylic acids is 1. The summed E-state index contributed by atoms with van der Waals surface area (Å²) in [6.45, 7) is 0. The molecule has 0 aromatic heterocycles. The highest BCUT2D eigenvalue weighted by Crippen LogP contribution is 2.64. The highest BCUT2D eigenvalue weighted by Gasteiger charge is 2.42. The molecule has 0 amide bonds. The Bertz CT molecular complexity index is 617. The molecule has 1 unspecified atom stereocenters. The number of carbonyl (C=O) groups is 2. The molecule has 3 rings (SSSR count). The Morgan fingerprint density at radius 3 is 2.48 bits per heavy atom. The number of benzene rings is 1. The van der Waals surface area contributed by atoms with E-state index in [1.165, 1.54) is 6.42 Å². The molecule has 2 aliphatic rings. The molecule has 0 saturated heterocycles. The number of rotatable bonds is 3. The maximum Gasteiger partial charge on any atom is 0.351 e. The van der Waals surface area contributed by atoms with Crippen molar-refractivity contribution in [3.8, 4) is 0 Å². The first-order valence-electron chi connectivity index (χ1n) is 8.42. The average Bonchev–Trinajstić information content (AvgIpc) is 2.58. The molecule has 1 atom stereocenters. The minimum atomic E-state index is -1.98. The van der Waals surface area contributed by atoms with Crippen molar-refractivity contribution in [1.82, 2.24) is 0 Å². The van der Waals surface area contributed by atoms with Gasteiger partial charge in [-0.3, -0.25) is 4.79 Å². The third kappa shape index (κ3) is 3.37. The van der Waals surface area contributed by atoms with E-state index in [1.54, 1.807) is 6.08 Å². The molecule has 1 N–H and O–H groups in total. The van der Waals surface area contributed by atoms with Gasteiger partial charge in [-0.05, 0) is 41.1 Å². The molecule has 1 fully saturated rings.